The van der Waals surface area contributed by atoms with Gasteiger partial charge in [-0.05, 0) is 24.3 Å². The molecule has 0 unspecified atom stereocenters. The Morgan fingerprint density at radius 3 is 2.48 bits per heavy atom. The van der Waals surface area contributed by atoms with Gasteiger partial charge in [0.15, 0.2) is 5.82 Å². The van der Waals surface area contributed by atoms with E-state index in [1.54, 1.807) is 36.4 Å². The van der Waals surface area contributed by atoms with Crippen molar-refractivity contribution in [3.63, 3.8) is 0 Å². The molecule has 0 saturated heterocycles. The number of nitrogens with zero attached hydrogens (tertiary/aromatic N) is 2. The average Bonchev–Trinajstić information content (AvgIpc) is 2.51. The summed E-state index contributed by atoms with van der Waals surface area (Å²) in [5.74, 6) is 0.351. The molecule has 0 amide bonds. The third-order valence-electron chi connectivity index (χ3n) is 2.99. The Balaban J connectivity index is 1.99. The lowest BCUT2D eigenvalue weighted by Crippen LogP contribution is -1.98. The van der Waals surface area contributed by atoms with Crippen molar-refractivity contribution in [2.24, 2.45) is 0 Å². The summed E-state index contributed by atoms with van der Waals surface area (Å²) in [6.45, 7) is 0. The van der Waals surface area contributed by atoms with Gasteiger partial charge < -0.3 is 5.32 Å². The number of anilines is 2. The van der Waals surface area contributed by atoms with Crippen molar-refractivity contribution in [2.75, 3.05) is 5.32 Å². The van der Waals surface area contributed by atoms with Crippen LogP contribution in [0, 0.1) is 5.82 Å². The Kier molecular flexibility index (Phi) is 4.66. The number of hydrogen-bond acceptors (Lipinski definition) is 3. The highest BCUT2D eigenvalue weighted by molar-refractivity contribution is 6.43. The fourth-order valence-electron chi connectivity index (χ4n) is 1.98. The molecular weight excluding hydrogens is 360 g/mol. The lowest BCUT2D eigenvalue weighted by molar-refractivity contribution is 0.628. The van der Waals surface area contributed by atoms with Crippen LogP contribution in [0.1, 0.15) is 0 Å². The van der Waals surface area contributed by atoms with Gasteiger partial charge in [-0.25, -0.2) is 14.4 Å². The van der Waals surface area contributed by atoms with Crippen molar-refractivity contribution < 1.29 is 4.39 Å². The van der Waals surface area contributed by atoms with Crippen LogP contribution in [0.5, 0.6) is 0 Å². The summed E-state index contributed by atoms with van der Waals surface area (Å²) in [5.41, 5.74) is 1.10. The molecule has 0 aliphatic carbocycles. The molecule has 0 spiro atoms. The molecule has 3 aromatic rings. The molecule has 1 N–H and O–H groups in total. The van der Waals surface area contributed by atoms with E-state index in [0.717, 1.165) is 0 Å². The number of rotatable bonds is 3. The molecule has 0 aliphatic rings. The van der Waals surface area contributed by atoms with Gasteiger partial charge in [-0.15, -0.1) is 0 Å². The Bertz CT molecular complexity index is 871. The third-order valence-corrected chi connectivity index (χ3v) is 4.00. The molecule has 0 atom stereocenters. The van der Waals surface area contributed by atoms with Crippen molar-refractivity contribution in [3.05, 3.63) is 69.5 Å². The second-order valence-corrected chi connectivity index (χ2v) is 5.81. The average molecular weight is 369 g/mol. The van der Waals surface area contributed by atoms with Crippen molar-refractivity contribution in [2.45, 2.75) is 0 Å². The van der Waals surface area contributed by atoms with E-state index in [-0.39, 0.29) is 11.0 Å². The molecule has 0 bridgehead atoms. The molecule has 0 aliphatic heterocycles. The Labute approximate surface area is 147 Å². The first-order valence-electron chi connectivity index (χ1n) is 6.54. The normalized spacial score (nSPS) is 10.6. The van der Waals surface area contributed by atoms with Gasteiger partial charge in [-0.3, -0.25) is 0 Å². The third kappa shape index (κ3) is 3.72. The molecule has 0 saturated carbocycles. The fraction of sp³-hybridized carbons (Fsp3) is 0. The molecule has 2 aromatic carbocycles. The van der Waals surface area contributed by atoms with E-state index in [2.05, 4.69) is 15.3 Å². The second-order valence-electron chi connectivity index (χ2n) is 4.64. The maximum atomic E-state index is 13.4. The van der Waals surface area contributed by atoms with Gasteiger partial charge in [0, 0.05) is 11.6 Å². The van der Waals surface area contributed by atoms with Crippen LogP contribution in [0.15, 0.2) is 48.5 Å². The van der Waals surface area contributed by atoms with Gasteiger partial charge in [0.1, 0.15) is 16.8 Å². The lowest BCUT2D eigenvalue weighted by atomic mass is 10.2. The summed E-state index contributed by atoms with van der Waals surface area (Å²) in [7, 11) is 0. The predicted molar refractivity (Wildman–Crippen MR) is 92.2 cm³/mol. The molecule has 0 radical (unpaired) electrons. The summed E-state index contributed by atoms with van der Waals surface area (Å²) >= 11 is 18.2. The summed E-state index contributed by atoms with van der Waals surface area (Å²) in [6.07, 6.45) is 0. The first kappa shape index (κ1) is 16.0. The molecule has 3 nitrogen and oxygen atoms in total. The van der Waals surface area contributed by atoms with Crippen molar-refractivity contribution >= 4 is 46.3 Å². The van der Waals surface area contributed by atoms with Gasteiger partial charge >= 0.3 is 0 Å². The van der Waals surface area contributed by atoms with Gasteiger partial charge in [0.25, 0.3) is 0 Å². The zero-order valence-electron chi connectivity index (χ0n) is 11.5. The van der Waals surface area contributed by atoms with Crippen LogP contribution >= 0.6 is 34.8 Å². The molecular formula is C16H9Cl3FN3. The van der Waals surface area contributed by atoms with Gasteiger partial charge in [-0.1, -0.05) is 53.0 Å². The summed E-state index contributed by atoms with van der Waals surface area (Å²) in [6, 6.07) is 12.7. The maximum absolute atomic E-state index is 13.4. The van der Waals surface area contributed by atoms with Crippen molar-refractivity contribution in [1.29, 1.82) is 0 Å². The standard InChI is InChI=1S/C16H9Cl3FN3/c17-11-5-2-6-12(15(11)19)21-14-8-13(18)22-16(23-14)9-3-1-4-10(20)7-9/h1-8H,(H,21,22,23). The Morgan fingerprint density at radius 1 is 0.913 bits per heavy atom. The number of hydrogen-bond donors (Lipinski definition) is 1. The van der Waals surface area contributed by atoms with Crippen LogP contribution in [0.2, 0.25) is 15.2 Å². The highest BCUT2D eigenvalue weighted by Crippen LogP contribution is 2.32. The van der Waals surface area contributed by atoms with E-state index in [1.807, 2.05) is 0 Å². The minimum absolute atomic E-state index is 0.222. The minimum atomic E-state index is -0.376. The Hall–Kier alpha value is -1.88. The molecule has 3 rings (SSSR count). The SMILES string of the molecule is Fc1cccc(-c2nc(Cl)cc(Nc3cccc(Cl)c3Cl)n2)c1. The van der Waals surface area contributed by atoms with E-state index in [0.29, 0.717) is 32.9 Å². The molecule has 7 heteroatoms. The lowest BCUT2D eigenvalue weighted by Gasteiger charge is -2.10. The molecule has 0 fully saturated rings. The van der Waals surface area contributed by atoms with Gasteiger partial charge in [0.05, 0.1) is 15.7 Å². The van der Waals surface area contributed by atoms with Crippen molar-refractivity contribution in [3.8, 4) is 11.4 Å². The van der Waals surface area contributed by atoms with Crippen LogP contribution in [-0.4, -0.2) is 9.97 Å². The second kappa shape index (κ2) is 6.71. The smallest absolute Gasteiger partial charge is 0.163 e. The van der Waals surface area contributed by atoms with E-state index in [1.165, 1.54) is 12.1 Å². The zero-order valence-corrected chi connectivity index (χ0v) is 13.8. The zero-order chi connectivity index (χ0) is 16.4. The molecule has 116 valence electrons. The van der Waals surface area contributed by atoms with Gasteiger partial charge in [0.2, 0.25) is 0 Å². The quantitative estimate of drug-likeness (QED) is 0.577. The van der Waals surface area contributed by atoms with Crippen LogP contribution in [0.4, 0.5) is 15.9 Å². The van der Waals surface area contributed by atoms with Gasteiger partial charge in [-0.2, -0.15) is 0 Å². The fourth-order valence-corrected chi connectivity index (χ4v) is 2.51. The number of aromatic nitrogens is 2. The first-order chi connectivity index (χ1) is 11.0. The van der Waals surface area contributed by atoms with Crippen LogP contribution in [-0.2, 0) is 0 Å². The predicted octanol–water partition coefficient (Wildman–Crippen LogP) is 5.99. The van der Waals surface area contributed by atoms with E-state index >= 15 is 0 Å². The van der Waals surface area contributed by atoms with Crippen LogP contribution in [0.3, 0.4) is 0 Å². The summed E-state index contributed by atoms with van der Waals surface area (Å²) in [5, 5.41) is 4.05. The summed E-state index contributed by atoms with van der Waals surface area (Å²) < 4.78 is 13.4. The van der Waals surface area contributed by atoms with E-state index in [9.17, 15) is 4.39 Å². The van der Waals surface area contributed by atoms with Crippen molar-refractivity contribution in [1.82, 2.24) is 9.97 Å². The maximum Gasteiger partial charge on any atom is 0.163 e. The first-order valence-corrected chi connectivity index (χ1v) is 7.68. The topological polar surface area (TPSA) is 37.8 Å². The molecule has 23 heavy (non-hydrogen) atoms. The number of benzene rings is 2. The number of nitrogens with one attached hydrogen (secondary N) is 1. The monoisotopic (exact) mass is 367 g/mol. The minimum Gasteiger partial charge on any atom is -0.339 e. The number of halogens is 4. The van der Waals surface area contributed by atoms with E-state index < -0.39 is 0 Å². The van der Waals surface area contributed by atoms with E-state index in [4.69, 9.17) is 34.8 Å². The Morgan fingerprint density at radius 2 is 1.70 bits per heavy atom. The molecule has 1 aromatic heterocycles. The van der Waals surface area contributed by atoms with Crippen LogP contribution < -0.4 is 5.32 Å². The molecule has 1 heterocycles. The highest BCUT2D eigenvalue weighted by atomic mass is 35.5. The van der Waals surface area contributed by atoms with Crippen LogP contribution in [0.25, 0.3) is 11.4 Å². The summed E-state index contributed by atoms with van der Waals surface area (Å²) in [4.78, 5) is 8.45. The highest BCUT2D eigenvalue weighted by Gasteiger charge is 2.09. The largest absolute Gasteiger partial charge is 0.339 e.